The van der Waals surface area contributed by atoms with Crippen LogP contribution in [0.3, 0.4) is 0 Å². The zero-order valence-corrected chi connectivity index (χ0v) is 20.3. The third-order valence-electron chi connectivity index (χ3n) is 8.45. The van der Waals surface area contributed by atoms with E-state index in [1.54, 1.807) is 18.5 Å². The quantitative estimate of drug-likeness (QED) is 0.279. The molecule has 1 unspecified atom stereocenters. The fourth-order valence-electron chi connectivity index (χ4n) is 6.49. The molecule has 2 saturated carbocycles. The average molecular weight is 515 g/mol. The first-order valence-corrected chi connectivity index (χ1v) is 12.5. The molecular weight excluding hydrogens is 484 g/mol. The number of alkyl halides is 3. The van der Waals surface area contributed by atoms with Gasteiger partial charge < -0.3 is 5.11 Å². The van der Waals surface area contributed by atoms with Crippen LogP contribution >= 0.6 is 0 Å². The summed E-state index contributed by atoms with van der Waals surface area (Å²) in [5.74, 6) is 5.50. The number of rotatable bonds is 4. The molecular formula is C28H30F4N4O. The molecule has 4 atom stereocenters. The minimum absolute atomic E-state index is 0.124. The van der Waals surface area contributed by atoms with Gasteiger partial charge in [0.05, 0.1) is 11.4 Å². The highest BCUT2D eigenvalue weighted by atomic mass is 19.4. The summed E-state index contributed by atoms with van der Waals surface area (Å²) in [5, 5.41) is 20.7. The molecule has 1 aromatic carbocycles. The highest BCUT2D eigenvalue weighted by Crippen LogP contribution is 2.60. The van der Waals surface area contributed by atoms with Gasteiger partial charge in [-0.2, -0.15) is 13.2 Å². The van der Waals surface area contributed by atoms with Gasteiger partial charge >= 0.3 is 6.18 Å². The summed E-state index contributed by atoms with van der Waals surface area (Å²) < 4.78 is 55.1. The maximum absolute atomic E-state index is 13.9. The first-order valence-electron chi connectivity index (χ1n) is 12.5. The van der Waals surface area contributed by atoms with Crippen LogP contribution in [0.15, 0.2) is 72.2 Å². The number of nitrogens with zero attached hydrogens (tertiary/aromatic N) is 2. The first kappa shape index (κ1) is 25.6. The lowest BCUT2D eigenvalue weighted by Gasteiger charge is -2.52. The van der Waals surface area contributed by atoms with E-state index in [0.29, 0.717) is 36.9 Å². The smallest absolute Gasteiger partial charge is 0.380 e. The molecule has 0 spiro atoms. The number of aliphatic hydroxyl groups is 1. The Bertz CT molecular complexity index is 1230. The van der Waals surface area contributed by atoms with Crippen LogP contribution in [-0.2, 0) is 6.42 Å². The molecule has 4 N–H and O–H groups in total. The molecule has 1 aliphatic heterocycles. The van der Waals surface area contributed by atoms with Crippen molar-refractivity contribution in [2.24, 2.45) is 23.1 Å². The number of hydrogen-bond acceptors (Lipinski definition) is 5. The van der Waals surface area contributed by atoms with Crippen molar-refractivity contribution in [1.82, 2.24) is 9.99 Å². The number of nitrogens with two attached hydrogens (primary N) is 1. The van der Waals surface area contributed by atoms with Crippen molar-refractivity contribution in [2.75, 3.05) is 0 Å². The molecule has 0 bridgehead atoms. The Morgan fingerprint density at radius 2 is 1.89 bits per heavy atom. The van der Waals surface area contributed by atoms with E-state index >= 15 is 0 Å². The molecule has 0 radical (unpaired) electrons. The van der Waals surface area contributed by atoms with Gasteiger partial charge in [0.15, 0.2) is 5.60 Å². The summed E-state index contributed by atoms with van der Waals surface area (Å²) in [6.07, 6.45) is 2.45. The minimum Gasteiger partial charge on any atom is -0.380 e. The summed E-state index contributed by atoms with van der Waals surface area (Å²) >= 11 is 0. The van der Waals surface area contributed by atoms with Gasteiger partial charge in [-0.3, -0.25) is 15.4 Å². The van der Waals surface area contributed by atoms with E-state index in [-0.39, 0.29) is 24.5 Å². The van der Waals surface area contributed by atoms with E-state index in [1.165, 1.54) is 29.3 Å². The number of benzene rings is 1. The van der Waals surface area contributed by atoms with Crippen LogP contribution in [-0.4, -0.2) is 32.6 Å². The maximum atomic E-state index is 13.9. The van der Waals surface area contributed by atoms with Crippen molar-refractivity contribution in [3.63, 3.8) is 0 Å². The third-order valence-corrected chi connectivity index (χ3v) is 8.45. The summed E-state index contributed by atoms with van der Waals surface area (Å²) in [6.45, 7) is 0. The number of aromatic nitrogens is 1. The number of hydrogen-bond donors (Lipinski definition) is 3. The molecule has 5 nitrogen and oxygen atoms in total. The molecule has 196 valence electrons. The highest BCUT2D eigenvalue weighted by molar-refractivity contribution is 6.10. The topological polar surface area (TPSA) is 86.2 Å². The Morgan fingerprint density at radius 1 is 1.14 bits per heavy atom. The van der Waals surface area contributed by atoms with Crippen LogP contribution in [0.25, 0.3) is 0 Å². The molecule has 2 fully saturated rings. The molecule has 5 rings (SSSR count). The fraction of sp³-hybridized carbons (Fsp3) is 0.429. The lowest BCUT2D eigenvalue weighted by atomic mass is 9.55. The van der Waals surface area contributed by atoms with E-state index in [9.17, 15) is 22.7 Å². The standard InChI is InChI=1S/C28H30F4N4O/c29-21-9-7-18(8-10-21)25(33)24-14-19-4-3-5-20-15-27(37,28(30,31)32)12-11-26(20,23(19)17-36(24)34)16-22-6-1-2-13-35-22/h1-2,6-10,13-14,17,19-20,33,37H,3-5,11-12,15-16,34H2/t19?,20-,26+,27-/m1/s1. The van der Waals surface area contributed by atoms with Crippen molar-refractivity contribution in [3.05, 3.63) is 89.3 Å². The second-order valence-electron chi connectivity index (χ2n) is 10.5. The second-order valence-corrected chi connectivity index (χ2v) is 10.5. The Hall–Kier alpha value is -3.04. The molecule has 9 heteroatoms. The predicted octanol–water partition coefficient (Wildman–Crippen LogP) is 5.67. The molecule has 1 aromatic heterocycles. The van der Waals surface area contributed by atoms with Crippen LogP contribution in [0.2, 0.25) is 0 Å². The zero-order valence-electron chi connectivity index (χ0n) is 20.3. The van der Waals surface area contributed by atoms with E-state index in [1.807, 2.05) is 18.2 Å². The largest absolute Gasteiger partial charge is 0.417 e. The number of fused-ring (bicyclic) bond motifs is 3. The molecule has 0 amide bonds. The number of allylic oxidation sites excluding steroid dienone is 3. The van der Waals surface area contributed by atoms with E-state index in [2.05, 4.69) is 4.98 Å². The number of hydrazine groups is 1. The lowest BCUT2D eigenvalue weighted by molar-refractivity contribution is -0.281. The Labute approximate surface area is 213 Å². The molecule has 2 aliphatic carbocycles. The Kier molecular flexibility index (Phi) is 6.48. The molecule has 0 saturated heterocycles. The van der Waals surface area contributed by atoms with E-state index in [4.69, 9.17) is 11.3 Å². The second kappa shape index (κ2) is 9.36. The van der Waals surface area contributed by atoms with Crippen molar-refractivity contribution in [3.8, 4) is 0 Å². The Morgan fingerprint density at radius 3 is 2.57 bits per heavy atom. The van der Waals surface area contributed by atoms with Crippen LogP contribution in [0, 0.1) is 28.5 Å². The third kappa shape index (κ3) is 4.59. The van der Waals surface area contributed by atoms with Crippen LogP contribution in [0.1, 0.15) is 49.8 Å². The van der Waals surface area contributed by atoms with Crippen molar-refractivity contribution in [1.29, 1.82) is 5.41 Å². The molecule has 37 heavy (non-hydrogen) atoms. The average Bonchev–Trinajstić information content (AvgIpc) is 3.00. The summed E-state index contributed by atoms with van der Waals surface area (Å²) in [6, 6.07) is 11.2. The monoisotopic (exact) mass is 514 g/mol. The normalized spacial score (nSPS) is 29.9. The molecule has 2 heterocycles. The van der Waals surface area contributed by atoms with Crippen molar-refractivity contribution in [2.45, 2.75) is 56.7 Å². The van der Waals surface area contributed by atoms with Gasteiger partial charge in [-0.1, -0.05) is 12.5 Å². The van der Waals surface area contributed by atoms with Crippen molar-refractivity contribution >= 4 is 5.71 Å². The summed E-state index contributed by atoms with van der Waals surface area (Å²) in [4.78, 5) is 4.48. The van der Waals surface area contributed by atoms with Gasteiger partial charge in [-0.15, -0.1) is 0 Å². The van der Waals surface area contributed by atoms with E-state index < -0.39 is 35.3 Å². The van der Waals surface area contributed by atoms with Gasteiger partial charge in [0.25, 0.3) is 0 Å². The zero-order chi connectivity index (χ0) is 26.4. The van der Waals surface area contributed by atoms with Crippen LogP contribution in [0.5, 0.6) is 0 Å². The SMILES string of the molecule is N=C(C1=CC2CCC[C@@H]3C[C@@](O)(C(F)(F)F)CC[C@@]3(Cc3ccccn3)C2=CN1N)c1ccc(F)cc1. The predicted molar refractivity (Wildman–Crippen MR) is 131 cm³/mol. The summed E-state index contributed by atoms with van der Waals surface area (Å²) in [7, 11) is 0. The van der Waals surface area contributed by atoms with E-state index in [0.717, 1.165) is 11.3 Å². The van der Waals surface area contributed by atoms with Gasteiger partial charge in [0.2, 0.25) is 0 Å². The fourth-order valence-corrected chi connectivity index (χ4v) is 6.49. The first-order chi connectivity index (χ1) is 17.5. The lowest BCUT2D eigenvalue weighted by Crippen LogP contribution is -2.55. The van der Waals surface area contributed by atoms with Crippen LogP contribution in [0.4, 0.5) is 17.6 Å². The highest BCUT2D eigenvalue weighted by Gasteiger charge is 2.61. The number of pyridine rings is 1. The van der Waals surface area contributed by atoms with Crippen molar-refractivity contribution < 1.29 is 22.7 Å². The molecule has 3 aliphatic rings. The number of nitrogens with one attached hydrogen (secondary N) is 1. The van der Waals surface area contributed by atoms with Gasteiger partial charge in [-0.05, 0) is 92.5 Å². The Balaban J connectivity index is 1.55. The summed E-state index contributed by atoms with van der Waals surface area (Å²) in [5.41, 5.74) is -0.532. The number of halogens is 4. The molecule has 2 aromatic rings. The maximum Gasteiger partial charge on any atom is 0.417 e. The van der Waals surface area contributed by atoms with Gasteiger partial charge in [-0.25, -0.2) is 10.2 Å². The van der Waals surface area contributed by atoms with Crippen LogP contribution < -0.4 is 5.84 Å². The van der Waals surface area contributed by atoms with Gasteiger partial charge in [0, 0.05) is 35.0 Å². The minimum atomic E-state index is -4.70. The van der Waals surface area contributed by atoms with Gasteiger partial charge in [0.1, 0.15) is 5.82 Å².